The van der Waals surface area contributed by atoms with Gasteiger partial charge in [-0.2, -0.15) is 0 Å². The Labute approximate surface area is 228 Å². The zero-order chi connectivity index (χ0) is 27.9. The Bertz CT molecular complexity index is 1500. The highest BCUT2D eigenvalue weighted by Crippen LogP contribution is 2.51. The van der Waals surface area contributed by atoms with Gasteiger partial charge in [0.25, 0.3) is 0 Å². The number of halogens is 1. The average Bonchev–Trinajstić information content (AvgIpc) is 3.02. The van der Waals surface area contributed by atoms with Gasteiger partial charge in [-0.1, -0.05) is 88.4 Å². The molecule has 0 fully saturated rings. The van der Waals surface area contributed by atoms with Crippen molar-refractivity contribution < 1.29 is 19.1 Å². The summed E-state index contributed by atoms with van der Waals surface area (Å²) in [7, 11) is 0. The van der Waals surface area contributed by atoms with E-state index >= 15 is 4.39 Å². The minimum absolute atomic E-state index is 0.0424. The van der Waals surface area contributed by atoms with Crippen molar-refractivity contribution in [1.82, 2.24) is 0 Å². The molecule has 5 rings (SSSR count). The lowest BCUT2D eigenvalue weighted by Crippen LogP contribution is -2.41. The zero-order valence-corrected chi connectivity index (χ0v) is 22.7. The molecule has 2 aliphatic rings. The Morgan fingerprint density at radius 3 is 2.44 bits per heavy atom. The summed E-state index contributed by atoms with van der Waals surface area (Å²) in [5, 5.41) is 14.1. The molecule has 39 heavy (non-hydrogen) atoms. The number of allylic oxidation sites excluding steroid dienone is 1. The van der Waals surface area contributed by atoms with Gasteiger partial charge in [0.05, 0.1) is 11.7 Å². The van der Waals surface area contributed by atoms with Crippen LogP contribution in [0, 0.1) is 17.2 Å². The molecular formula is C33H33FN2O3. The highest BCUT2D eigenvalue weighted by atomic mass is 19.1. The number of nitrogens with zero attached hydrogens (tertiary/aromatic N) is 1. The number of hydrogen-bond acceptors (Lipinski definition) is 4. The molecule has 5 nitrogen and oxygen atoms in total. The van der Waals surface area contributed by atoms with E-state index in [4.69, 9.17) is 0 Å². The van der Waals surface area contributed by atoms with Crippen LogP contribution in [0.25, 0.3) is 12.2 Å². The van der Waals surface area contributed by atoms with Crippen molar-refractivity contribution in [2.45, 2.75) is 46.6 Å². The van der Waals surface area contributed by atoms with Crippen molar-refractivity contribution in [2.24, 2.45) is 11.3 Å². The van der Waals surface area contributed by atoms with Crippen molar-refractivity contribution in [1.29, 1.82) is 0 Å². The fourth-order valence-corrected chi connectivity index (χ4v) is 5.48. The second kappa shape index (κ2) is 10.2. The number of aromatic hydroxyl groups is 1. The summed E-state index contributed by atoms with van der Waals surface area (Å²) in [4.78, 5) is 29.1. The highest BCUT2D eigenvalue weighted by molar-refractivity contribution is 6.07. The number of anilines is 2. The molecule has 0 saturated carbocycles. The van der Waals surface area contributed by atoms with Crippen molar-refractivity contribution in [3.05, 3.63) is 101 Å². The van der Waals surface area contributed by atoms with Gasteiger partial charge in [0, 0.05) is 29.2 Å². The third kappa shape index (κ3) is 5.11. The van der Waals surface area contributed by atoms with Crippen LogP contribution in [0.1, 0.15) is 63.3 Å². The van der Waals surface area contributed by atoms with Gasteiger partial charge in [0.2, 0.25) is 5.91 Å². The van der Waals surface area contributed by atoms with Crippen LogP contribution in [0.3, 0.4) is 0 Å². The smallest absolute Gasteiger partial charge is 0.230 e. The summed E-state index contributed by atoms with van der Waals surface area (Å²) in [5.74, 6) is -1.40. The van der Waals surface area contributed by atoms with Gasteiger partial charge >= 0.3 is 0 Å². The molecule has 3 aromatic rings. The fraction of sp³-hybridized carbons (Fsp3) is 0.273. The van der Waals surface area contributed by atoms with E-state index in [9.17, 15) is 14.7 Å². The lowest BCUT2D eigenvalue weighted by atomic mass is 9.73. The Morgan fingerprint density at radius 1 is 1.03 bits per heavy atom. The molecule has 6 heteroatoms. The van der Waals surface area contributed by atoms with Crippen LogP contribution in [0.5, 0.6) is 5.75 Å². The third-order valence-electron chi connectivity index (χ3n) is 7.33. The van der Waals surface area contributed by atoms with E-state index in [0.29, 0.717) is 34.6 Å². The van der Waals surface area contributed by atoms with E-state index < -0.39 is 17.8 Å². The molecule has 1 aliphatic heterocycles. The SMILES string of the molecule is CC(C)C(=O)N1c2cccc(O)c2NC2=C(C(=O)CC(C)(C)C2)C1c1ccc(/C=C/c2ccccc2)cc1F. The number of phenolic OH excluding ortho intramolecular Hbond substituents is 1. The number of para-hydroxylation sites is 1. The Balaban J connectivity index is 1.70. The first-order valence-electron chi connectivity index (χ1n) is 13.3. The van der Waals surface area contributed by atoms with E-state index in [0.717, 1.165) is 5.56 Å². The average molecular weight is 525 g/mol. The quantitative estimate of drug-likeness (QED) is 0.274. The van der Waals surface area contributed by atoms with Crippen LogP contribution >= 0.6 is 0 Å². The minimum atomic E-state index is -0.985. The maximum atomic E-state index is 16.0. The van der Waals surface area contributed by atoms with Gasteiger partial charge in [0.1, 0.15) is 17.3 Å². The highest BCUT2D eigenvalue weighted by Gasteiger charge is 2.44. The molecule has 0 saturated heterocycles. The number of carbonyl (C=O) groups excluding carboxylic acids is 2. The van der Waals surface area contributed by atoms with E-state index in [1.54, 1.807) is 38.1 Å². The van der Waals surface area contributed by atoms with E-state index in [1.165, 1.54) is 17.0 Å². The van der Waals surface area contributed by atoms with E-state index in [1.807, 2.05) is 56.3 Å². The molecule has 1 unspecified atom stereocenters. The maximum absolute atomic E-state index is 16.0. The molecule has 200 valence electrons. The van der Waals surface area contributed by atoms with Crippen LogP contribution in [-0.4, -0.2) is 16.8 Å². The maximum Gasteiger partial charge on any atom is 0.230 e. The number of benzene rings is 3. The van der Waals surface area contributed by atoms with Crippen LogP contribution in [0.4, 0.5) is 15.8 Å². The molecule has 0 bridgehead atoms. The number of phenols is 1. The monoisotopic (exact) mass is 524 g/mol. The van der Waals surface area contributed by atoms with Gasteiger partial charge in [-0.25, -0.2) is 4.39 Å². The molecule has 3 aromatic carbocycles. The number of carbonyl (C=O) groups is 2. The van der Waals surface area contributed by atoms with Gasteiger partial charge < -0.3 is 10.4 Å². The van der Waals surface area contributed by atoms with Crippen LogP contribution in [0.2, 0.25) is 0 Å². The summed E-state index contributed by atoms with van der Waals surface area (Å²) < 4.78 is 16.0. The Morgan fingerprint density at radius 2 is 1.74 bits per heavy atom. The molecule has 1 atom stereocenters. The summed E-state index contributed by atoms with van der Waals surface area (Å²) in [5.41, 5.74) is 3.28. The molecule has 1 aliphatic carbocycles. The molecular weight excluding hydrogens is 491 g/mol. The largest absolute Gasteiger partial charge is 0.506 e. The molecule has 0 aromatic heterocycles. The second-order valence-electron chi connectivity index (χ2n) is 11.4. The first-order valence-corrected chi connectivity index (χ1v) is 13.3. The van der Waals surface area contributed by atoms with Gasteiger partial charge in [-0.15, -0.1) is 0 Å². The van der Waals surface area contributed by atoms with E-state index in [2.05, 4.69) is 5.32 Å². The van der Waals surface area contributed by atoms with Crippen LogP contribution < -0.4 is 10.2 Å². The first kappa shape index (κ1) is 26.4. The lowest BCUT2D eigenvalue weighted by molar-refractivity contribution is -0.122. The predicted octanol–water partition coefficient (Wildman–Crippen LogP) is 7.50. The predicted molar refractivity (Wildman–Crippen MR) is 154 cm³/mol. The zero-order valence-electron chi connectivity index (χ0n) is 22.7. The number of hydrogen-bond donors (Lipinski definition) is 2. The van der Waals surface area contributed by atoms with Crippen molar-refractivity contribution >= 4 is 35.2 Å². The molecule has 1 amide bonds. The number of rotatable bonds is 4. The molecule has 0 radical (unpaired) electrons. The Kier molecular flexibility index (Phi) is 6.89. The van der Waals surface area contributed by atoms with Gasteiger partial charge in [-0.05, 0) is 41.2 Å². The van der Waals surface area contributed by atoms with Crippen molar-refractivity contribution in [3.8, 4) is 5.75 Å². The number of amides is 1. The fourth-order valence-electron chi connectivity index (χ4n) is 5.48. The number of ketones is 1. The molecule has 2 N–H and O–H groups in total. The topological polar surface area (TPSA) is 69.6 Å². The summed E-state index contributed by atoms with van der Waals surface area (Å²) in [6, 6.07) is 18.6. The molecule has 1 heterocycles. The van der Waals surface area contributed by atoms with Crippen molar-refractivity contribution in [3.63, 3.8) is 0 Å². The number of Topliss-reactive ketones (excluding diaryl/α,β-unsaturated/α-hetero) is 1. The van der Waals surface area contributed by atoms with Gasteiger partial charge in [0.15, 0.2) is 5.78 Å². The Hall–Kier alpha value is -4.19. The van der Waals surface area contributed by atoms with Crippen LogP contribution in [0.15, 0.2) is 78.0 Å². The standard InChI is InChI=1S/C33H33FN2O3/c1-20(2)32(39)36-26-11-8-12-27(37)30(26)35-25-18-33(3,4)19-28(38)29(25)31(36)23-16-15-22(17-24(23)34)14-13-21-9-6-5-7-10-21/h5-17,20,31,35,37H,18-19H2,1-4H3/b14-13+. The van der Waals surface area contributed by atoms with E-state index in [-0.39, 0.29) is 34.8 Å². The summed E-state index contributed by atoms with van der Waals surface area (Å²) in [6.45, 7) is 7.56. The second-order valence-corrected chi connectivity index (χ2v) is 11.4. The van der Waals surface area contributed by atoms with Crippen molar-refractivity contribution in [2.75, 3.05) is 10.2 Å². The minimum Gasteiger partial charge on any atom is -0.506 e. The summed E-state index contributed by atoms with van der Waals surface area (Å²) >= 11 is 0. The normalized spacial score (nSPS) is 18.6. The third-order valence-corrected chi connectivity index (χ3v) is 7.33. The summed E-state index contributed by atoms with van der Waals surface area (Å²) in [6.07, 6.45) is 4.53. The van der Waals surface area contributed by atoms with Gasteiger partial charge in [-0.3, -0.25) is 14.5 Å². The number of fused-ring (bicyclic) bond motifs is 1. The number of nitrogens with one attached hydrogen (secondary N) is 1. The van der Waals surface area contributed by atoms with Crippen LogP contribution in [-0.2, 0) is 9.59 Å². The lowest BCUT2D eigenvalue weighted by Gasteiger charge is -2.37. The molecule has 0 spiro atoms. The first-order chi connectivity index (χ1) is 18.6.